The second kappa shape index (κ2) is 1.89. The molecule has 0 radical (unpaired) electrons. The highest BCUT2D eigenvalue weighted by Gasteiger charge is 2.00. The van der Waals surface area contributed by atoms with E-state index in [4.69, 9.17) is 23.2 Å². The summed E-state index contributed by atoms with van der Waals surface area (Å²) in [5.74, 6) is 0. The molecule has 1 rings (SSSR count). The zero-order valence-corrected chi connectivity index (χ0v) is 5.13. The number of hydrogen-bond acceptors (Lipinski definition) is 0. The monoisotopic (exact) mass is 134 g/mol. The molecule has 0 aromatic rings. The summed E-state index contributed by atoms with van der Waals surface area (Å²) in [5, 5.41) is 1.65. The Bertz CT molecular complexity index is 117. The molecule has 7 heavy (non-hydrogen) atoms. The molecule has 0 unspecified atom stereocenters. The van der Waals surface area contributed by atoms with E-state index < -0.39 is 0 Å². The molecule has 0 spiro atoms. The molecule has 0 atom stereocenters. The lowest BCUT2D eigenvalue weighted by atomic mass is 10.5. The van der Waals surface area contributed by atoms with Gasteiger partial charge >= 0.3 is 0 Å². The first kappa shape index (κ1) is 5.20. The lowest BCUT2D eigenvalue weighted by Crippen LogP contribution is -1.60. The van der Waals surface area contributed by atoms with E-state index in [2.05, 4.69) is 0 Å². The zero-order valence-electron chi connectivity index (χ0n) is 3.62. The van der Waals surface area contributed by atoms with Gasteiger partial charge in [0, 0.05) is 16.5 Å². The Morgan fingerprint density at radius 2 is 1.57 bits per heavy atom. The van der Waals surface area contributed by atoms with Crippen LogP contribution in [0, 0.1) is 0 Å². The quantitative estimate of drug-likeness (QED) is 0.478. The van der Waals surface area contributed by atoms with Gasteiger partial charge in [-0.05, 0) is 12.2 Å². The highest BCUT2D eigenvalue weighted by atomic mass is 35.5. The molecule has 0 heterocycles. The molecule has 0 fully saturated rings. The van der Waals surface area contributed by atoms with Crippen molar-refractivity contribution < 1.29 is 0 Å². The van der Waals surface area contributed by atoms with Gasteiger partial charge in [-0.25, -0.2) is 0 Å². The molecule has 0 saturated carbocycles. The first-order chi connectivity index (χ1) is 3.29. The minimum atomic E-state index is 0.725. The van der Waals surface area contributed by atoms with Crippen LogP contribution in [-0.4, -0.2) is 0 Å². The fourth-order valence-electron chi connectivity index (χ4n) is 0.460. The van der Waals surface area contributed by atoms with Gasteiger partial charge in [-0.2, -0.15) is 0 Å². The van der Waals surface area contributed by atoms with E-state index in [9.17, 15) is 0 Å². The molecule has 0 amide bonds. The van der Waals surface area contributed by atoms with E-state index in [1.165, 1.54) is 0 Å². The summed E-state index contributed by atoms with van der Waals surface area (Å²) >= 11 is 11.1. The van der Waals surface area contributed by atoms with Crippen molar-refractivity contribution in [3.8, 4) is 0 Å². The van der Waals surface area contributed by atoms with Crippen molar-refractivity contribution in [1.82, 2.24) is 0 Å². The number of hydrogen-bond donors (Lipinski definition) is 0. The topological polar surface area (TPSA) is 0 Å². The van der Waals surface area contributed by atoms with Crippen molar-refractivity contribution in [2.45, 2.75) is 6.42 Å². The average molecular weight is 135 g/mol. The molecule has 0 aromatic heterocycles. The van der Waals surface area contributed by atoms with Crippen LogP contribution in [0.4, 0.5) is 0 Å². The number of halogens is 2. The number of rotatable bonds is 0. The third-order valence-corrected chi connectivity index (χ3v) is 1.30. The predicted octanol–water partition coefficient (Wildman–Crippen LogP) is 2.64. The second-order valence-electron chi connectivity index (χ2n) is 1.40. The molecule has 0 bridgehead atoms. The van der Waals surface area contributed by atoms with Gasteiger partial charge in [-0.3, -0.25) is 0 Å². The Balaban J connectivity index is 2.61. The maximum atomic E-state index is 5.53. The molecule has 0 saturated heterocycles. The Hall–Kier alpha value is 0.0600. The molecule has 1 aliphatic carbocycles. The fourth-order valence-corrected chi connectivity index (χ4v) is 0.942. The second-order valence-corrected chi connectivity index (χ2v) is 2.37. The molecule has 0 nitrogen and oxygen atoms in total. The number of allylic oxidation sites excluding steroid dienone is 4. The fraction of sp³-hybridized carbons (Fsp3) is 0.200. The summed E-state index contributed by atoms with van der Waals surface area (Å²) in [7, 11) is 0. The molecular formula is C5H4Cl2. The highest BCUT2D eigenvalue weighted by molar-refractivity contribution is 6.35. The Morgan fingerprint density at radius 3 is 1.71 bits per heavy atom. The molecule has 0 N–H and O–H groups in total. The minimum absolute atomic E-state index is 0.725. The summed E-state index contributed by atoms with van der Waals surface area (Å²) in [6.07, 6.45) is 4.34. The van der Waals surface area contributed by atoms with Crippen LogP contribution in [0.5, 0.6) is 0 Å². The molecule has 1 aliphatic rings. The van der Waals surface area contributed by atoms with Crippen LogP contribution in [0.1, 0.15) is 6.42 Å². The lowest BCUT2D eigenvalue weighted by molar-refractivity contribution is 1.37. The van der Waals surface area contributed by atoms with Gasteiger partial charge in [-0.1, -0.05) is 23.2 Å². The summed E-state index contributed by atoms with van der Waals surface area (Å²) in [6.45, 7) is 0. The molecular weight excluding hydrogens is 131 g/mol. The zero-order chi connectivity index (χ0) is 5.28. The van der Waals surface area contributed by atoms with E-state index in [0.29, 0.717) is 0 Å². The van der Waals surface area contributed by atoms with Gasteiger partial charge in [-0.15, -0.1) is 0 Å². The first-order valence-corrected chi connectivity index (χ1v) is 2.75. The average Bonchev–Trinajstić information content (AvgIpc) is 1.87. The smallest absolute Gasteiger partial charge is 0.0234 e. The van der Waals surface area contributed by atoms with Gasteiger partial charge in [0.05, 0.1) is 0 Å². The van der Waals surface area contributed by atoms with Gasteiger partial charge in [0.25, 0.3) is 0 Å². The van der Waals surface area contributed by atoms with Crippen LogP contribution in [0.15, 0.2) is 22.2 Å². The van der Waals surface area contributed by atoms with Crippen LogP contribution in [0.2, 0.25) is 0 Å². The molecule has 0 aliphatic heterocycles. The van der Waals surface area contributed by atoms with Crippen LogP contribution in [-0.2, 0) is 0 Å². The van der Waals surface area contributed by atoms with Crippen LogP contribution < -0.4 is 0 Å². The summed E-state index contributed by atoms with van der Waals surface area (Å²) in [6, 6.07) is 0. The van der Waals surface area contributed by atoms with Gasteiger partial charge in [0.1, 0.15) is 0 Å². The van der Waals surface area contributed by atoms with Gasteiger partial charge in [0.15, 0.2) is 0 Å². The van der Waals surface area contributed by atoms with Gasteiger partial charge < -0.3 is 0 Å². The van der Waals surface area contributed by atoms with Crippen LogP contribution in [0.3, 0.4) is 0 Å². The molecule has 38 valence electrons. The summed E-state index contributed by atoms with van der Waals surface area (Å²) in [5.41, 5.74) is 0. The van der Waals surface area contributed by atoms with E-state index in [-0.39, 0.29) is 0 Å². The highest BCUT2D eigenvalue weighted by Crippen LogP contribution is 2.23. The van der Waals surface area contributed by atoms with E-state index in [1.807, 2.05) is 12.2 Å². The van der Waals surface area contributed by atoms with Crippen LogP contribution >= 0.6 is 23.2 Å². The third-order valence-electron chi connectivity index (χ3n) is 0.783. The van der Waals surface area contributed by atoms with Gasteiger partial charge in [0.2, 0.25) is 0 Å². The summed E-state index contributed by atoms with van der Waals surface area (Å²) < 4.78 is 0. The van der Waals surface area contributed by atoms with Crippen molar-refractivity contribution in [3.63, 3.8) is 0 Å². The Morgan fingerprint density at radius 1 is 1.14 bits per heavy atom. The van der Waals surface area contributed by atoms with E-state index >= 15 is 0 Å². The van der Waals surface area contributed by atoms with E-state index in [0.717, 1.165) is 16.5 Å². The lowest BCUT2D eigenvalue weighted by Gasteiger charge is -1.82. The maximum Gasteiger partial charge on any atom is 0.0234 e. The van der Waals surface area contributed by atoms with Crippen molar-refractivity contribution in [2.75, 3.05) is 0 Å². The van der Waals surface area contributed by atoms with Crippen molar-refractivity contribution in [3.05, 3.63) is 22.2 Å². The minimum Gasteiger partial charge on any atom is -0.0888 e. The Kier molecular flexibility index (Phi) is 1.40. The van der Waals surface area contributed by atoms with Crippen molar-refractivity contribution in [1.29, 1.82) is 0 Å². The molecule has 0 aromatic carbocycles. The van der Waals surface area contributed by atoms with Crippen molar-refractivity contribution in [2.24, 2.45) is 0 Å². The third kappa shape index (κ3) is 1.22. The normalized spacial score (nSPS) is 19.1. The van der Waals surface area contributed by atoms with Crippen LogP contribution in [0.25, 0.3) is 0 Å². The maximum absolute atomic E-state index is 5.53. The van der Waals surface area contributed by atoms with E-state index in [1.54, 1.807) is 0 Å². The first-order valence-electron chi connectivity index (χ1n) is 2.00. The summed E-state index contributed by atoms with van der Waals surface area (Å²) in [4.78, 5) is 0. The Labute approximate surface area is 52.4 Å². The SMILES string of the molecule is ClC1=CC=C(Cl)C1. The largest absolute Gasteiger partial charge is 0.0888 e. The standard InChI is InChI=1S/C5H4Cl2/c6-4-1-2-5(7)3-4/h1-2H,3H2. The molecule has 2 heteroatoms. The van der Waals surface area contributed by atoms with Crippen molar-refractivity contribution >= 4 is 23.2 Å². The predicted molar refractivity (Wildman–Crippen MR) is 32.5 cm³/mol.